The van der Waals surface area contributed by atoms with E-state index >= 15 is 0 Å². The number of carbonyl (C=O) groups is 1. The van der Waals surface area contributed by atoms with Gasteiger partial charge in [-0.15, -0.1) is 0 Å². The van der Waals surface area contributed by atoms with Crippen molar-refractivity contribution in [1.82, 2.24) is 9.55 Å². The van der Waals surface area contributed by atoms with Gasteiger partial charge < -0.3 is 10.1 Å². The lowest BCUT2D eigenvalue weighted by atomic mass is 10.1. The Morgan fingerprint density at radius 1 is 1.09 bits per heavy atom. The number of carbonyl (C=O) groups excluding carboxylic acids is 1. The van der Waals surface area contributed by atoms with E-state index in [0.717, 1.165) is 0 Å². The van der Waals surface area contributed by atoms with Gasteiger partial charge in [-0.05, 0) is 37.3 Å². The van der Waals surface area contributed by atoms with E-state index in [0.29, 0.717) is 33.9 Å². The number of non-ortho nitro benzene ring substituents is 1. The molecule has 160 valence electrons. The van der Waals surface area contributed by atoms with Crippen molar-refractivity contribution in [2.24, 2.45) is 0 Å². The van der Waals surface area contributed by atoms with Crippen LogP contribution in [0.15, 0.2) is 71.5 Å². The number of hydrogen-bond donors (Lipinski definition) is 1. The van der Waals surface area contributed by atoms with Gasteiger partial charge in [-0.1, -0.05) is 18.2 Å². The average Bonchev–Trinajstić information content (AvgIpc) is 2.80. The van der Waals surface area contributed by atoms with Crippen LogP contribution in [-0.4, -0.2) is 27.5 Å². The van der Waals surface area contributed by atoms with Crippen LogP contribution in [0, 0.1) is 17.0 Å². The van der Waals surface area contributed by atoms with Crippen LogP contribution in [0.3, 0.4) is 0 Å². The number of fused-ring (bicyclic) bond motifs is 1. The molecule has 1 amide bonds. The Morgan fingerprint density at radius 2 is 1.88 bits per heavy atom. The van der Waals surface area contributed by atoms with Crippen molar-refractivity contribution < 1.29 is 14.5 Å². The number of rotatable bonds is 5. The lowest BCUT2D eigenvalue weighted by Gasteiger charge is -2.15. The highest BCUT2D eigenvalue weighted by Crippen LogP contribution is 2.28. The number of methoxy groups -OCH3 is 1. The summed E-state index contributed by atoms with van der Waals surface area (Å²) in [4.78, 5) is 40.6. The summed E-state index contributed by atoms with van der Waals surface area (Å²) in [6.07, 6.45) is 0. The van der Waals surface area contributed by atoms with Crippen molar-refractivity contribution in [2.45, 2.75) is 6.92 Å². The van der Waals surface area contributed by atoms with E-state index in [1.54, 1.807) is 43.3 Å². The fourth-order valence-electron chi connectivity index (χ4n) is 3.43. The van der Waals surface area contributed by atoms with Crippen LogP contribution in [0.1, 0.15) is 16.2 Å². The zero-order valence-corrected chi connectivity index (χ0v) is 17.2. The standard InChI is InChI=1S/C23H18N4O5/c1-14-24-19-9-4-3-8-18(19)23(29)26(14)16-10-11-20(21(13-16)32-2)25-22(28)15-6-5-7-17(12-15)27(30)31/h3-13H,1-2H3,(H,25,28). The first-order valence-electron chi connectivity index (χ1n) is 9.61. The van der Waals surface area contributed by atoms with Crippen LogP contribution >= 0.6 is 0 Å². The van der Waals surface area contributed by atoms with E-state index in [1.165, 1.54) is 35.9 Å². The Kier molecular flexibility index (Phi) is 5.38. The second-order valence-electron chi connectivity index (χ2n) is 6.96. The van der Waals surface area contributed by atoms with Crippen molar-refractivity contribution in [1.29, 1.82) is 0 Å². The Hall–Kier alpha value is -4.53. The number of benzene rings is 3. The van der Waals surface area contributed by atoms with E-state index in [4.69, 9.17) is 4.74 Å². The first kappa shape index (κ1) is 20.7. The van der Waals surface area contributed by atoms with Gasteiger partial charge in [0.25, 0.3) is 17.2 Å². The molecule has 0 aliphatic rings. The fraction of sp³-hybridized carbons (Fsp3) is 0.0870. The molecule has 9 heteroatoms. The molecule has 0 atom stereocenters. The maximum atomic E-state index is 13.0. The Balaban J connectivity index is 1.71. The molecule has 0 unspecified atom stereocenters. The molecule has 0 saturated carbocycles. The number of amides is 1. The van der Waals surface area contributed by atoms with Gasteiger partial charge in [0.1, 0.15) is 11.6 Å². The van der Waals surface area contributed by atoms with Crippen LogP contribution in [0.5, 0.6) is 5.75 Å². The number of nitro groups is 1. The lowest BCUT2D eigenvalue weighted by Crippen LogP contribution is -2.22. The van der Waals surface area contributed by atoms with E-state index in [9.17, 15) is 19.7 Å². The zero-order valence-electron chi connectivity index (χ0n) is 17.2. The highest BCUT2D eigenvalue weighted by Gasteiger charge is 2.16. The normalized spacial score (nSPS) is 10.7. The summed E-state index contributed by atoms with van der Waals surface area (Å²) in [5.74, 6) is 0.297. The van der Waals surface area contributed by atoms with Gasteiger partial charge in [0.2, 0.25) is 0 Å². The van der Waals surface area contributed by atoms with E-state index in [2.05, 4.69) is 10.3 Å². The van der Waals surface area contributed by atoms with E-state index < -0.39 is 10.8 Å². The summed E-state index contributed by atoms with van der Waals surface area (Å²) in [6.45, 7) is 1.73. The monoisotopic (exact) mass is 430 g/mol. The van der Waals surface area contributed by atoms with Gasteiger partial charge in [0, 0.05) is 23.8 Å². The molecular formula is C23H18N4O5. The molecule has 0 fully saturated rings. The van der Waals surface area contributed by atoms with Gasteiger partial charge in [-0.2, -0.15) is 0 Å². The molecule has 32 heavy (non-hydrogen) atoms. The fourth-order valence-corrected chi connectivity index (χ4v) is 3.43. The summed E-state index contributed by atoms with van der Waals surface area (Å²) >= 11 is 0. The number of aromatic nitrogens is 2. The smallest absolute Gasteiger partial charge is 0.270 e. The van der Waals surface area contributed by atoms with Gasteiger partial charge >= 0.3 is 0 Å². The van der Waals surface area contributed by atoms with Crippen molar-refractivity contribution in [3.05, 3.63) is 98.6 Å². The Bertz CT molecular complexity index is 1430. The van der Waals surface area contributed by atoms with Gasteiger partial charge in [0.15, 0.2) is 0 Å². The number of nitro benzene ring substituents is 1. The molecule has 1 aromatic heterocycles. The Morgan fingerprint density at radius 3 is 2.62 bits per heavy atom. The van der Waals surface area contributed by atoms with E-state index in [1.807, 2.05) is 6.07 Å². The molecule has 0 aliphatic carbocycles. The molecule has 4 aromatic rings. The number of hydrogen-bond acceptors (Lipinski definition) is 6. The third-order valence-electron chi connectivity index (χ3n) is 4.95. The van der Waals surface area contributed by atoms with Gasteiger partial charge in [-0.25, -0.2) is 4.98 Å². The quantitative estimate of drug-likeness (QED) is 0.380. The van der Waals surface area contributed by atoms with Crippen LogP contribution < -0.4 is 15.6 Å². The summed E-state index contributed by atoms with van der Waals surface area (Å²) < 4.78 is 6.88. The Labute approximate surface area is 182 Å². The first-order chi connectivity index (χ1) is 15.4. The number of para-hydroxylation sites is 1. The van der Waals surface area contributed by atoms with Gasteiger partial charge in [0.05, 0.1) is 34.3 Å². The number of anilines is 1. The minimum Gasteiger partial charge on any atom is -0.494 e. The largest absolute Gasteiger partial charge is 0.494 e. The summed E-state index contributed by atoms with van der Waals surface area (Å²) in [7, 11) is 1.44. The number of nitrogens with one attached hydrogen (secondary N) is 1. The molecule has 0 saturated heterocycles. The van der Waals surface area contributed by atoms with E-state index in [-0.39, 0.29) is 16.8 Å². The van der Waals surface area contributed by atoms with Crippen LogP contribution in [-0.2, 0) is 0 Å². The number of ether oxygens (including phenoxy) is 1. The summed E-state index contributed by atoms with van der Waals surface area (Å²) in [6, 6.07) is 17.4. The minimum absolute atomic E-state index is 0.135. The van der Waals surface area contributed by atoms with Crippen molar-refractivity contribution >= 4 is 28.2 Å². The molecule has 0 bridgehead atoms. The third-order valence-corrected chi connectivity index (χ3v) is 4.95. The zero-order chi connectivity index (χ0) is 22.8. The lowest BCUT2D eigenvalue weighted by molar-refractivity contribution is -0.384. The highest BCUT2D eigenvalue weighted by atomic mass is 16.6. The molecular weight excluding hydrogens is 412 g/mol. The highest BCUT2D eigenvalue weighted by molar-refractivity contribution is 6.05. The molecule has 9 nitrogen and oxygen atoms in total. The van der Waals surface area contributed by atoms with Gasteiger partial charge in [-0.3, -0.25) is 24.3 Å². The predicted octanol–water partition coefficient (Wildman–Crippen LogP) is 3.86. The van der Waals surface area contributed by atoms with Crippen molar-refractivity contribution in [2.75, 3.05) is 12.4 Å². The molecule has 0 radical (unpaired) electrons. The molecule has 3 aromatic carbocycles. The third kappa shape index (κ3) is 3.79. The number of aryl methyl sites for hydroxylation is 1. The summed E-state index contributed by atoms with van der Waals surface area (Å²) in [5.41, 5.74) is 1.22. The molecule has 1 N–H and O–H groups in total. The molecule has 4 rings (SSSR count). The van der Waals surface area contributed by atoms with Crippen LogP contribution in [0.4, 0.5) is 11.4 Å². The van der Waals surface area contributed by atoms with Crippen LogP contribution in [0.25, 0.3) is 16.6 Å². The maximum Gasteiger partial charge on any atom is 0.270 e. The summed E-state index contributed by atoms with van der Waals surface area (Å²) in [5, 5.41) is 14.1. The molecule has 0 aliphatic heterocycles. The van der Waals surface area contributed by atoms with Crippen molar-refractivity contribution in [3.63, 3.8) is 0 Å². The van der Waals surface area contributed by atoms with Crippen molar-refractivity contribution in [3.8, 4) is 11.4 Å². The second-order valence-corrected chi connectivity index (χ2v) is 6.96. The first-order valence-corrected chi connectivity index (χ1v) is 9.61. The topological polar surface area (TPSA) is 116 Å². The predicted molar refractivity (Wildman–Crippen MR) is 120 cm³/mol. The maximum absolute atomic E-state index is 13.0. The van der Waals surface area contributed by atoms with Crippen LogP contribution in [0.2, 0.25) is 0 Å². The average molecular weight is 430 g/mol. The minimum atomic E-state index is -0.566. The number of nitrogens with zero attached hydrogens (tertiary/aromatic N) is 3. The SMILES string of the molecule is COc1cc(-n2c(C)nc3ccccc3c2=O)ccc1NC(=O)c1cccc([N+](=O)[O-])c1. The molecule has 0 spiro atoms. The molecule has 1 heterocycles. The second kappa shape index (κ2) is 8.31.